The maximum atomic E-state index is 13.3. The number of hydrogen-bond acceptors (Lipinski definition) is 6. The second-order valence-electron chi connectivity index (χ2n) is 10.7. The van der Waals surface area contributed by atoms with E-state index in [1.165, 1.54) is 11.8 Å². The topological polar surface area (TPSA) is 113 Å². The molecule has 0 aliphatic heterocycles. The number of carbonyl (C=O) groups is 3. The smallest absolute Gasteiger partial charge is 0.272 e. The molecule has 47 heavy (non-hydrogen) atoms. The van der Waals surface area contributed by atoms with Gasteiger partial charge in [0.15, 0.2) is 5.58 Å². The first-order valence-corrected chi connectivity index (χ1v) is 15.8. The van der Waals surface area contributed by atoms with Gasteiger partial charge < -0.3 is 20.4 Å². The van der Waals surface area contributed by atoms with E-state index in [0.717, 1.165) is 32.7 Å². The van der Waals surface area contributed by atoms with E-state index in [9.17, 15) is 14.4 Å². The second-order valence-corrected chi connectivity index (χ2v) is 11.7. The lowest BCUT2D eigenvalue weighted by Gasteiger charge is -2.12. The van der Waals surface area contributed by atoms with Gasteiger partial charge in [-0.15, -0.1) is 11.8 Å². The van der Waals surface area contributed by atoms with Crippen molar-refractivity contribution in [3.05, 3.63) is 150 Å². The van der Waals surface area contributed by atoms with Crippen molar-refractivity contribution in [2.45, 2.75) is 11.8 Å². The van der Waals surface area contributed by atoms with Gasteiger partial charge in [0.05, 0.1) is 5.75 Å². The number of nitrogens with zero attached hydrogens (tertiary/aromatic N) is 1. The Bertz CT molecular complexity index is 2040. The summed E-state index contributed by atoms with van der Waals surface area (Å²) < 4.78 is 5.82. The number of hydrogen-bond donors (Lipinski definition) is 3. The van der Waals surface area contributed by atoms with Gasteiger partial charge >= 0.3 is 0 Å². The number of para-hydroxylation sites is 2. The molecule has 6 aromatic rings. The zero-order chi connectivity index (χ0) is 32.6. The number of nitrogens with one attached hydrogen (secondary N) is 3. The van der Waals surface area contributed by atoms with Gasteiger partial charge in [-0.05, 0) is 91.4 Å². The number of fused-ring (bicyclic) bond motifs is 1. The summed E-state index contributed by atoms with van der Waals surface area (Å²) in [5.74, 6) is -0.272. The largest absolute Gasteiger partial charge is 0.436 e. The van der Waals surface area contributed by atoms with Crippen molar-refractivity contribution in [1.29, 1.82) is 0 Å². The molecule has 9 heteroatoms. The van der Waals surface area contributed by atoms with Crippen LogP contribution in [0.1, 0.15) is 21.5 Å². The minimum Gasteiger partial charge on any atom is -0.436 e. The molecule has 0 saturated heterocycles. The monoisotopic (exact) mass is 638 g/mol. The Morgan fingerprint density at radius 1 is 0.766 bits per heavy atom. The van der Waals surface area contributed by atoms with Gasteiger partial charge in [0.2, 0.25) is 11.8 Å². The summed E-state index contributed by atoms with van der Waals surface area (Å²) in [6.07, 6.45) is 1.65. The van der Waals surface area contributed by atoms with E-state index in [2.05, 4.69) is 20.9 Å². The molecule has 6 rings (SSSR count). The Labute approximate surface area is 275 Å². The van der Waals surface area contributed by atoms with Crippen molar-refractivity contribution in [1.82, 2.24) is 10.3 Å². The molecular formula is C38H30N4O4S. The maximum absolute atomic E-state index is 13.3. The molecule has 0 unspecified atom stereocenters. The fraction of sp³-hybridized carbons (Fsp3) is 0.0526. The number of oxazole rings is 1. The van der Waals surface area contributed by atoms with E-state index >= 15 is 0 Å². The van der Waals surface area contributed by atoms with Crippen LogP contribution in [0.4, 0.5) is 11.4 Å². The highest BCUT2D eigenvalue weighted by atomic mass is 32.2. The van der Waals surface area contributed by atoms with E-state index in [4.69, 9.17) is 4.42 Å². The summed E-state index contributed by atoms with van der Waals surface area (Å²) in [7, 11) is 0. The van der Waals surface area contributed by atoms with Crippen LogP contribution >= 0.6 is 11.8 Å². The molecule has 0 fully saturated rings. The molecule has 0 radical (unpaired) electrons. The Morgan fingerprint density at radius 3 is 2.21 bits per heavy atom. The van der Waals surface area contributed by atoms with Crippen LogP contribution in [-0.2, 0) is 9.59 Å². The highest BCUT2D eigenvalue weighted by molar-refractivity contribution is 8.00. The van der Waals surface area contributed by atoms with Crippen LogP contribution in [-0.4, -0.2) is 28.5 Å². The standard InChI is InChI=1S/C38H30N4O4S/c1-25-8-7-9-26(22-25)23-33(41-36(44)27-10-3-2-4-11-27)37(45)40-30-18-20-31(21-19-30)47-24-35(43)39-29-16-14-28(15-17-29)38-42-32-12-5-6-13-34(32)46-38/h2-23H,24H2,1H3,(H,39,43)(H,40,45)(H,41,44)/b33-23-. The van der Waals surface area contributed by atoms with Gasteiger partial charge in [-0.25, -0.2) is 4.98 Å². The predicted octanol–water partition coefficient (Wildman–Crippen LogP) is 7.94. The van der Waals surface area contributed by atoms with Crippen LogP contribution in [0, 0.1) is 6.92 Å². The molecule has 1 aromatic heterocycles. The lowest BCUT2D eigenvalue weighted by Crippen LogP contribution is -2.30. The Kier molecular flexibility index (Phi) is 9.55. The maximum Gasteiger partial charge on any atom is 0.272 e. The number of rotatable bonds is 10. The normalized spacial score (nSPS) is 11.2. The molecule has 0 saturated carbocycles. The predicted molar refractivity (Wildman–Crippen MR) is 187 cm³/mol. The third-order valence-electron chi connectivity index (χ3n) is 7.07. The third-order valence-corrected chi connectivity index (χ3v) is 8.09. The van der Waals surface area contributed by atoms with Gasteiger partial charge in [-0.1, -0.05) is 60.2 Å². The molecule has 3 N–H and O–H groups in total. The number of aryl methyl sites for hydroxylation is 1. The Hall–Kier alpha value is -5.93. The van der Waals surface area contributed by atoms with Crippen LogP contribution in [0.25, 0.3) is 28.6 Å². The zero-order valence-corrected chi connectivity index (χ0v) is 26.2. The van der Waals surface area contributed by atoms with Crippen molar-refractivity contribution in [2.24, 2.45) is 0 Å². The quantitative estimate of drug-likeness (QED) is 0.104. The lowest BCUT2D eigenvalue weighted by atomic mass is 10.1. The van der Waals surface area contributed by atoms with Crippen LogP contribution in [0.5, 0.6) is 0 Å². The molecule has 5 aromatic carbocycles. The second kappa shape index (κ2) is 14.4. The first-order valence-electron chi connectivity index (χ1n) is 14.8. The summed E-state index contributed by atoms with van der Waals surface area (Å²) in [6, 6.07) is 38.5. The Balaban J connectivity index is 1.04. The van der Waals surface area contributed by atoms with Crippen molar-refractivity contribution < 1.29 is 18.8 Å². The van der Waals surface area contributed by atoms with Crippen LogP contribution in [0.2, 0.25) is 0 Å². The highest BCUT2D eigenvalue weighted by Gasteiger charge is 2.15. The summed E-state index contributed by atoms with van der Waals surface area (Å²) in [4.78, 5) is 44.2. The summed E-state index contributed by atoms with van der Waals surface area (Å²) in [5, 5.41) is 8.53. The molecular weight excluding hydrogens is 609 g/mol. The van der Waals surface area contributed by atoms with Crippen molar-refractivity contribution in [2.75, 3.05) is 16.4 Å². The van der Waals surface area contributed by atoms with E-state index in [1.54, 1.807) is 42.5 Å². The SMILES string of the molecule is Cc1cccc(/C=C(\NC(=O)c2ccccc2)C(=O)Nc2ccc(SCC(=O)Nc3ccc(-c4nc5ccccc5o4)cc3)cc2)c1. The number of thioether (sulfide) groups is 1. The first-order chi connectivity index (χ1) is 22.9. The fourth-order valence-electron chi connectivity index (χ4n) is 4.74. The average molecular weight is 639 g/mol. The van der Waals surface area contributed by atoms with Crippen LogP contribution < -0.4 is 16.0 Å². The molecule has 0 bridgehead atoms. The molecule has 0 aliphatic rings. The summed E-state index contributed by atoms with van der Waals surface area (Å²) in [6.45, 7) is 1.96. The average Bonchev–Trinajstić information content (AvgIpc) is 3.53. The molecule has 0 aliphatic carbocycles. The highest BCUT2D eigenvalue weighted by Crippen LogP contribution is 2.26. The lowest BCUT2D eigenvalue weighted by molar-refractivity contribution is -0.114. The molecule has 232 valence electrons. The molecule has 0 atom stereocenters. The molecule has 1 heterocycles. The molecule has 0 spiro atoms. The summed E-state index contributed by atoms with van der Waals surface area (Å²) in [5.41, 5.74) is 5.92. The van der Waals surface area contributed by atoms with Gasteiger partial charge in [0.25, 0.3) is 11.8 Å². The third kappa shape index (κ3) is 8.22. The molecule has 3 amide bonds. The number of benzene rings is 5. The van der Waals surface area contributed by atoms with Gasteiger partial charge in [-0.2, -0.15) is 0 Å². The van der Waals surface area contributed by atoms with Crippen molar-refractivity contribution in [3.8, 4) is 11.5 Å². The number of anilines is 2. The van der Waals surface area contributed by atoms with Crippen molar-refractivity contribution in [3.63, 3.8) is 0 Å². The van der Waals surface area contributed by atoms with Crippen molar-refractivity contribution >= 4 is 58.0 Å². The van der Waals surface area contributed by atoms with E-state index < -0.39 is 5.91 Å². The van der Waals surface area contributed by atoms with E-state index in [1.807, 2.05) is 97.9 Å². The van der Waals surface area contributed by atoms with Gasteiger partial charge in [0.1, 0.15) is 11.2 Å². The van der Waals surface area contributed by atoms with E-state index in [0.29, 0.717) is 22.8 Å². The zero-order valence-electron chi connectivity index (χ0n) is 25.4. The van der Waals surface area contributed by atoms with Crippen LogP contribution in [0.15, 0.2) is 142 Å². The first kappa shape index (κ1) is 31.1. The Morgan fingerprint density at radius 2 is 1.47 bits per heavy atom. The number of carbonyl (C=O) groups excluding carboxylic acids is 3. The number of amides is 3. The minimum absolute atomic E-state index is 0.112. The van der Waals surface area contributed by atoms with Gasteiger partial charge in [-0.3, -0.25) is 14.4 Å². The molecule has 8 nitrogen and oxygen atoms in total. The summed E-state index contributed by atoms with van der Waals surface area (Å²) >= 11 is 1.38. The number of aromatic nitrogens is 1. The van der Waals surface area contributed by atoms with E-state index in [-0.39, 0.29) is 23.3 Å². The fourth-order valence-corrected chi connectivity index (χ4v) is 5.44. The minimum atomic E-state index is -0.460. The van der Waals surface area contributed by atoms with Crippen LogP contribution in [0.3, 0.4) is 0 Å². The van der Waals surface area contributed by atoms with Gasteiger partial charge in [0, 0.05) is 27.4 Å².